The van der Waals surface area contributed by atoms with Crippen LogP contribution < -0.4 is 10.1 Å². The number of benzene rings is 2. The van der Waals surface area contributed by atoms with Gasteiger partial charge in [0.05, 0.1) is 30.9 Å². The summed E-state index contributed by atoms with van der Waals surface area (Å²) >= 11 is 0. The maximum absolute atomic E-state index is 13.9. The first-order valence-electron chi connectivity index (χ1n) is 11.5. The molecule has 1 aliphatic rings. The van der Waals surface area contributed by atoms with E-state index in [0.717, 1.165) is 76.3 Å². The van der Waals surface area contributed by atoms with Crippen molar-refractivity contribution in [3.05, 3.63) is 82.9 Å². The molecule has 4 aromatic rings. The average molecular weight is 479 g/mol. The third kappa shape index (κ3) is 4.50. The number of nitrogens with one attached hydrogen (secondary N) is 1. The van der Waals surface area contributed by atoms with E-state index in [0.29, 0.717) is 6.54 Å². The zero-order valence-electron chi connectivity index (χ0n) is 19.3. The molecule has 0 spiro atoms. The molecule has 6 nitrogen and oxygen atoms in total. The Kier molecular flexibility index (Phi) is 6.48. The van der Waals surface area contributed by atoms with Gasteiger partial charge in [0, 0.05) is 23.9 Å². The van der Waals surface area contributed by atoms with E-state index in [1.807, 2.05) is 42.0 Å². The van der Waals surface area contributed by atoms with Crippen LogP contribution in [-0.4, -0.2) is 21.8 Å². The minimum absolute atomic E-state index is 0.0443. The smallest absolute Gasteiger partial charge is 0.157 e. The number of halogens is 1. The summed E-state index contributed by atoms with van der Waals surface area (Å²) in [6.45, 7) is 2.53. The predicted molar refractivity (Wildman–Crippen MR) is 133 cm³/mol. The fourth-order valence-corrected chi connectivity index (χ4v) is 4.88. The topological polar surface area (TPSA) is 65.1 Å². The van der Waals surface area contributed by atoms with Crippen molar-refractivity contribution in [2.75, 3.05) is 7.11 Å². The Bertz CT molecular complexity index is 1320. The van der Waals surface area contributed by atoms with Crippen LogP contribution in [0.25, 0.3) is 16.9 Å². The van der Waals surface area contributed by atoms with Crippen molar-refractivity contribution in [3.63, 3.8) is 0 Å². The molecule has 0 fully saturated rings. The van der Waals surface area contributed by atoms with Gasteiger partial charge in [-0.2, -0.15) is 0 Å². The van der Waals surface area contributed by atoms with Gasteiger partial charge in [-0.1, -0.05) is 17.3 Å². The second-order valence-corrected chi connectivity index (χ2v) is 9.09. The van der Waals surface area contributed by atoms with Crippen molar-refractivity contribution in [3.8, 4) is 22.7 Å². The van der Waals surface area contributed by atoms with E-state index >= 15 is 0 Å². The third-order valence-electron chi connectivity index (χ3n) is 6.30. The highest BCUT2D eigenvalue weighted by Gasteiger charge is 2.28. The van der Waals surface area contributed by atoms with Gasteiger partial charge in [0.15, 0.2) is 5.76 Å². The molecule has 2 unspecified atom stereocenters. The van der Waals surface area contributed by atoms with Crippen LogP contribution in [0.3, 0.4) is 0 Å². The Hall–Kier alpha value is -3.02. The van der Waals surface area contributed by atoms with Crippen molar-refractivity contribution in [2.24, 2.45) is 0 Å². The van der Waals surface area contributed by atoms with E-state index in [-0.39, 0.29) is 11.9 Å². The minimum atomic E-state index is -0.203. The largest absolute Gasteiger partial charge is 0.495 e. The van der Waals surface area contributed by atoms with E-state index in [9.17, 15) is 4.39 Å². The van der Waals surface area contributed by atoms with Crippen LogP contribution in [0.2, 0.25) is 0 Å². The summed E-state index contributed by atoms with van der Waals surface area (Å²) in [7, 11) is 4.31. The standard InChI is InChI=1S/C26H28FN4O2P/c1-16-13-31(15-29-16)23-7-6-19(11-24(23)32-2)25-21-4-3-5-22(26(21)33-30-25)28-12-17-8-18(14-34)10-20(27)9-17/h6-11,13,15,22,28H,3-5,12,14,34H2,1-2H3. The summed E-state index contributed by atoms with van der Waals surface area (Å²) in [6, 6.07) is 11.3. The molecule has 0 bridgehead atoms. The fourth-order valence-electron chi connectivity index (χ4n) is 4.64. The maximum Gasteiger partial charge on any atom is 0.157 e. The van der Waals surface area contributed by atoms with Gasteiger partial charge in [0.2, 0.25) is 0 Å². The Morgan fingerprint density at radius 2 is 2.09 bits per heavy atom. The highest BCUT2D eigenvalue weighted by atomic mass is 31.0. The minimum Gasteiger partial charge on any atom is -0.495 e. The number of hydrogen-bond acceptors (Lipinski definition) is 5. The van der Waals surface area contributed by atoms with Crippen LogP contribution in [0.5, 0.6) is 5.75 Å². The number of ether oxygens (including phenoxy) is 1. The van der Waals surface area contributed by atoms with Crippen molar-refractivity contribution in [1.29, 1.82) is 0 Å². The van der Waals surface area contributed by atoms with Crippen LogP contribution >= 0.6 is 9.24 Å². The molecule has 2 atom stereocenters. The summed E-state index contributed by atoms with van der Waals surface area (Å²) in [5.41, 5.74) is 6.70. The second kappa shape index (κ2) is 9.69. The van der Waals surface area contributed by atoms with E-state index < -0.39 is 0 Å². The quantitative estimate of drug-likeness (QED) is 0.354. The molecule has 2 aromatic carbocycles. The highest BCUT2D eigenvalue weighted by Crippen LogP contribution is 2.38. The Morgan fingerprint density at radius 3 is 2.85 bits per heavy atom. The van der Waals surface area contributed by atoms with E-state index in [1.165, 1.54) is 0 Å². The SMILES string of the molecule is COc1cc(-c2noc3c2CCCC3NCc2cc(F)cc(CP)c2)ccc1-n1cnc(C)c1. The molecular formula is C26H28FN4O2P. The van der Waals surface area contributed by atoms with Crippen molar-refractivity contribution < 1.29 is 13.7 Å². The lowest BCUT2D eigenvalue weighted by molar-refractivity contribution is 0.314. The predicted octanol–water partition coefficient (Wildman–Crippen LogP) is 5.53. The molecule has 0 aliphatic heterocycles. The van der Waals surface area contributed by atoms with Gasteiger partial charge in [-0.25, -0.2) is 9.37 Å². The molecule has 1 N–H and O–H groups in total. The average Bonchev–Trinajstić information content (AvgIpc) is 3.48. The number of hydrogen-bond donors (Lipinski definition) is 1. The van der Waals surface area contributed by atoms with Gasteiger partial charge in [0.1, 0.15) is 17.3 Å². The number of aryl methyl sites for hydroxylation is 1. The molecule has 5 rings (SSSR count). The molecule has 2 heterocycles. The molecule has 34 heavy (non-hydrogen) atoms. The summed E-state index contributed by atoms with van der Waals surface area (Å²) in [6.07, 6.45) is 7.37. The Morgan fingerprint density at radius 1 is 1.24 bits per heavy atom. The maximum atomic E-state index is 13.9. The first-order valence-corrected chi connectivity index (χ1v) is 12.3. The lowest BCUT2D eigenvalue weighted by Crippen LogP contribution is -2.24. The number of methoxy groups -OCH3 is 1. The Labute approximate surface area is 200 Å². The molecule has 8 heteroatoms. The number of rotatable bonds is 7. The fraction of sp³-hybridized carbons (Fsp3) is 0.308. The van der Waals surface area contributed by atoms with Crippen LogP contribution in [0.1, 0.15) is 47.0 Å². The summed E-state index contributed by atoms with van der Waals surface area (Å²) in [5, 5.41) is 7.99. The molecule has 1 aliphatic carbocycles. The van der Waals surface area contributed by atoms with Gasteiger partial charge in [-0.05, 0) is 67.7 Å². The number of imidazole rings is 1. The highest BCUT2D eigenvalue weighted by molar-refractivity contribution is 7.15. The van der Waals surface area contributed by atoms with Crippen molar-refractivity contribution in [1.82, 2.24) is 20.0 Å². The van der Waals surface area contributed by atoms with Crippen molar-refractivity contribution in [2.45, 2.75) is 44.9 Å². The van der Waals surface area contributed by atoms with E-state index in [2.05, 4.69) is 24.7 Å². The number of fused-ring (bicyclic) bond motifs is 1. The molecule has 2 aromatic heterocycles. The van der Waals surface area contributed by atoms with E-state index in [4.69, 9.17) is 9.26 Å². The lowest BCUT2D eigenvalue weighted by Gasteiger charge is -2.22. The summed E-state index contributed by atoms with van der Waals surface area (Å²) in [5.74, 6) is 1.41. The van der Waals surface area contributed by atoms with Crippen molar-refractivity contribution >= 4 is 9.24 Å². The first kappa shape index (κ1) is 22.8. The van der Waals surface area contributed by atoms with Gasteiger partial charge >= 0.3 is 0 Å². The first-order chi connectivity index (χ1) is 16.6. The monoisotopic (exact) mass is 478 g/mol. The number of nitrogens with zero attached hydrogens (tertiary/aromatic N) is 3. The zero-order valence-corrected chi connectivity index (χ0v) is 20.5. The molecule has 0 radical (unpaired) electrons. The Balaban J connectivity index is 1.39. The van der Waals surface area contributed by atoms with Gasteiger partial charge in [-0.3, -0.25) is 0 Å². The van der Waals surface area contributed by atoms with Gasteiger partial charge in [0.25, 0.3) is 0 Å². The van der Waals surface area contributed by atoms with Crippen LogP contribution in [0.4, 0.5) is 4.39 Å². The molecule has 176 valence electrons. The van der Waals surface area contributed by atoms with Crippen LogP contribution in [0, 0.1) is 12.7 Å². The summed E-state index contributed by atoms with van der Waals surface area (Å²) in [4.78, 5) is 4.31. The molecule has 0 saturated heterocycles. The normalized spacial score (nSPS) is 15.4. The third-order valence-corrected chi connectivity index (χ3v) is 6.77. The summed E-state index contributed by atoms with van der Waals surface area (Å²) < 4.78 is 27.4. The second-order valence-electron chi connectivity index (χ2n) is 8.68. The van der Waals surface area contributed by atoms with E-state index in [1.54, 1.807) is 25.6 Å². The van der Waals surface area contributed by atoms with Crippen LogP contribution in [-0.2, 0) is 19.1 Å². The van der Waals surface area contributed by atoms with Gasteiger partial charge in [-0.15, -0.1) is 9.24 Å². The molecular weight excluding hydrogens is 450 g/mol. The zero-order chi connectivity index (χ0) is 23.7. The van der Waals surface area contributed by atoms with Crippen LogP contribution in [0.15, 0.2) is 53.4 Å². The molecule has 0 amide bonds. The lowest BCUT2D eigenvalue weighted by atomic mass is 9.90. The number of aromatic nitrogens is 3. The van der Waals surface area contributed by atoms with Gasteiger partial charge < -0.3 is 19.1 Å². The molecule has 0 saturated carbocycles.